The molecule has 140 valence electrons. The largest absolute Gasteiger partial charge is 0.462 e. The van der Waals surface area contributed by atoms with Gasteiger partial charge in [-0.2, -0.15) is 0 Å². The minimum Gasteiger partial charge on any atom is -0.462 e. The molecule has 2 rings (SSSR count). The number of benzene rings is 1. The lowest BCUT2D eigenvalue weighted by molar-refractivity contribution is -0.384. The van der Waals surface area contributed by atoms with E-state index in [4.69, 9.17) is 4.74 Å². The number of nitrogens with zero attached hydrogens (tertiary/aromatic N) is 1. The van der Waals surface area contributed by atoms with Crippen molar-refractivity contribution in [1.82, 2.24) is 10.6 Å². The zero-order valence-electron chi connectivity index (χ0n) is 14.9. The summed E-state index contributed by atoms with van der Waals surface area (Å²) in [5, 5.41) is 16.2. The molecular formula is C18H23N3O5. The van der Waals surface area contributed by atoms with Crippen LogP contribution in [0.3, 0.4) is 0 Å². The summed E-state index contributed by atoms with van der Waals surface area (Å²) in [4.78, 5) is 34.9. The van der Waals surface area contributed by atoms with Crippen LogP contribution in [0.5, 0.6) is 0 Å². The number of allylic oxidation sites excluding steroid dienone is 1. The molecule has 1 aliphatic heterocycles. The van der Waals surface area contributed by atoms with Crippen LogP contribution < -0.4 is 10.6 Å². The fraction of sp³-hybridized carbons (Fsp3) is 0.444. The molecule has 0 spiro atoms. The summed E-state index contributed by atoms with van der Waals surface area (Å²) < 4.78 is 5.34. The molecule has 0 aromatic heterocycles. The second-order valence-electron chi connectivity index (χ2n) is 6.12. The van der Waals surface area contributed by atoms with Crippen molar-refractivity contribution in [3.63, 3.8) is 0 Å². The van der Waals surface area contributed by atoms with E-state index in [9.17, 15) is 19.7 Å². The number of unbranched alkanes of at least 4 members (excludes halogenated alkanes) is 3. The first-order chi connectivity index (χ1) is 12.4. The molecule has 2 N–H and O–H groups in total. The maximum Gasteiger partial charge on any atom is 0.338 e. The topological polar surface area (TPSA) is 111 Å². The van der Waals surface area contributed by atoms with E-state index in [1.54, 1.807) is 13.0 Å². The molecule has 26 heavy (non-hydrogen) atoms. The van der Waals surface area contributed by atoms with Crippen molar-refractivity contribution in [3.05, 3.63) is 51.2 Å². The number of hydrogen-bond donors (Lipinski definition) is 2. The fourth-order valence-electron chi connectivity index (χ4n) is 2.80. The highest BCUT2D eigenvalue weighted by Gasteiger charge is 2.32. The van der Waals surface area contributed by atoms with Crippen LogP contribution in [-0.2, 0) is 9.53 Å². The maximum atomic E-state index is 12.5. The van der Waals surface area contributed by atoms with Crippen LogP contribution in [0.1, 0.15) is 51.1 Å². The Bertz CT molecular complexity index is 729. The van der Waals surface area contributed by atoms with Crippen LogP contribution in [0.25, 0.3) is 0 Å². The van der Waals surface area contributed by atoms with Crippen molar-refractivity contribution in [2.24, 2.45) is 0 Å². The first kappa shape index (κ1) is 19.4. The van der Waals surface area contributed by atoms with E-state index in [1.807, 2.05) is 0 Å². The first-order valence-electron chi connectivity index (χ1n) is 8.63. The molecule has 1 aromatic carbocycles. The Morgan fingerprint density at radius 3 is 2.77 bits per heavy atom. The molecule has 0 aliphatic carbocycles. The molecule has 8 nitrogen and oxygen atoms in total. The van der Waals surface area contributed by atoms with Gasteiger partial charge in [-0.3, -0.25) is 10.1 Å². The van der Waals surface area contributed by atoms with Crippen LogP contribution in [0.4, 0.5) is 10.5 Å². The van der Waals surface area contributed by atoms with Gasteiger partial charge in [0.05, 0.1) is 23.1 Å². The minimum absolute atomic E-state index is 0.111. The maximum absolute atomic E-state index is 12.5. The van der Waals surface area contributed by atoms with E-state index >= 15 is 0 Å². The number of non-ortho nitro benzene ring substituents is 1. The number of urea groups is 1. The van der Waals surface area contributed by atoms with E-state index < -0.39 is 23.0 Å². The summed E-state index contributed by atoms with van der Waals surface area (Å²) in [6.45, 7) is 4.00. The van der Waals surface area contributed by atoms with Crippen molar-refractivity contribution in [1.29, 1.82) is 0 Å². The quantitative estimate of drug-likeness (QED) is 0.319. The van der Waals surface area contributed by atoms with Crippen LogP contribution >= 0.6 is 0 Å². The second kappa shape index (κ2) is 8.98. The minimum atomic E-state index is -0.799. The Kier molecular flexibility index (Phi) is 6.71. The predicted octanol–water partition coefficient (Wildman–Crippen LogP) is 3.35. The Morgan fingerprint density at radius 1 is 1.31 bits per heavy atom. The van der Waals surface area contributed by atoms with Gasteiger partial charge in [-0.25, -0.2) is 9.59 Å². The monoisotopic (exact) mass is 361 g/mol. The number of esters is 1. The molecule has 8 heteroatoms. The normalized spacial score (nSPS) is 16.7. The third-order valence-electron chi connectivity index (χ3n) is 4.13. The fourth-order valence-corrected chi connectivity index (χ4v) is 2.80. The van der Waals surface area contributed by atoms with Crippen LogP contribution in [0.2, 0.25) is 0 Å². The number of carbonyl (C=O) groups is 2. The van der Waals surface area contributed by atoms with E-state index in [1.165, 1.54) is 18.2 Å². The van der Waals surface area contributed by atoms with Gasteiger partial charge in [-0.05, 0) is 18.9 Å². The first-order valence-corrected chi connectivity index (χ1v) is 8.63. The molecule has 2 amide bonds. The molecule has 0 fully saturated rings. The summed E-state index contributed by atoms with van der Waals surface area (Å²) in [6, 6.07) is 4.58. The molecule has 0 saturated heterocycles. The number of ether oxygens (including phenoxy) is 1. The van der Waals surface area contributed by atoms with Crippen molar-refractivity contribution in [3.8, 4) is 0 Å². The third kappa shape index (κ3) is 4.81. The van der Waals surface area contributed by atoms with Gasteiger partial charge < -0.3 is 15.4 Å². The van der Waals surface area contributed by atoms with Gasteiger partial charge in [0.2, 0.25) is 0 Å². The van der Waals surface area contributed by atoms with Crippen molar-refractivity contribution in [2.45, 2.75) is 45.6 Å². The molecule has 0 radical (unpaired) electrons. The molecule has 1 aromatic rings. The standard InChI is InChI=1S/C18H23N3O5/c1-3-4-5-6-10-26-17(22)15-12(2)19-18(23)20-16(15)13-8-7-9-14(11-13)21(24)25/h7-9,11,16H,3-6,10H2,1-2H3,(H2,19,20,23)/t16-/m0/s1. The van der Waals surface area contributed by atoms with Gasteiger partial charge in [-0.15, -0.1) is 0 Å². The van der Waals surface area contributed by atoms with Crippen LogP contribution in [-0.4, -0.2) is 23.5 Å². The average molecular weight is 361 g/mol. The van der Waals surface area contributed by atoms with Crippen molar-refractivity contribution in [2.75, 3.05) is 6.61 Å². The molecular weight excluding hydrogens is 338 g/mol. The SMILES string of the molecule is CCCCCCOC(=O)C1=C(C)NC(=O)N[C@H]1c1cccc([N+](=O)[O-])c1. The summed E-state index contributed by atoms with van der Waals surface area (Å²) in [5.41, 5.74) is 0.968. The van der Waals surface area contributed by atoms with Crippen molar-refractivity contribution < 1.29 is 19.2 Å². The number of hydrogen-bond acceptors (Lipinski definition) is 5. The van der Waals surface area contributed by atoms with Gasteiger partial charge in [0.1, 0.15) is 0 Å². The van der Waals surface area contributed by atoms with Gasteiger partial charge in [0.25, 0.3) is 5.69 Å². The van der Waals surface area contributed by atoms with E-state index in [2.05, 4.69) is 17.6 Å². The van der Waals surface area contributed by atoms with Gasteiger partial charge in [0, 0.05) is 17.8 Å². The lowest BCUT2D eigenvalue weighted by atomic mass is 9.95. The highest BCUT2D eigenvalue weighted by atomic mass is 16.6. The zero-order chi connectivity index (χ0) is 19.1. The molecule has 1 heterocycles. The molecule has 0 unspecified atom stereocenters. The second-order valence-corrected chi connectivity index (χ2v) is 6.12. The van der Waals surface area contributed by atoms with E-state index in [0.29, 0.717) is 17.9 Å². The smallest absolute Gasteiger partial charge is 0.338 e. The molecule has 1 atom stereocenters. The number of carbonyl (C=O) groups excluding carboxylic acids is 2. The van der Waals surface area contributed by atoms with Crippen molar-refractivity contribution >= 4 is 17.7 Å². The number of nitro benzene ring substituents is 1. The number of rotatable bonds is 8. The number of nitro groups is 1. The summed E-state index contributed by atoms with van der Waals surface area (Å²) in [7, 11) is 0. The zero-order valence-corrected chi connectivity index (χ0v) is 14.9. The third-order valence-corrected chi connectivity index (χ3v) is 4.13. The lowest BCUT2D eigenvalue weighted by Crippen LogP contribution is -2.45. The Hall–Kier alpha value is -2.90. The molecule has 1 aliphatic rings. The summed E-state index contributed by atoms with van der Waals surface area (Å²) in [6.07, 6.45) is 3.91. The van der Waals surface area contributed by atoms with Gasteiger partial charge in [-0.1, -0.05) is 38.3 Å². The van der Waals surface area contributed by atoms with E-state index in [-0.39, 0.29) is 11.3 Å². The Labute approximate surface area is 151 Å². The Morgan fingerprint density at radius 2 is 2.08 bits per heavy atom. The number of amides is 2. The average Bonchev–Trinajstić information content (AvgIpc) is 2.60. The highest BCUT2D eigenvalue weighted by molar-refractivity contribution is 5.95. The van der Waals surface area contributed by atoms with E-state index in [0.717, 1.165) is 25.7 Å². The molecule has 0 bridgehead atoms. The highest BCUT2D eigenvalue weighted by Crippen LogP contribution is 2.29. The number of nitrogens with one attached hydrogen (secondary N) is 2. The van der Waals surface area contributed by atoms with Crippen LogP contribution in [0, 0.1) is 10.1 Å². The van der Waals surface area contributed by atoms with Crippen LogP contribution in [0.15, 0.2) is 35.5 Å². The lowest BCUT2D eigenvalue weighted by Gasteiger charge is -2.28. The Balaban J connectivity index is 2.21. The summed E-state index contributed by atoms with van der Waals surface area (Å²) in [5.74, 6) is -0.539. The summed E-state index contributed by atoms with van der Waals surface area (Å²) >= 11 is 0. The molecule has 0 saturated carbocycles. The van der Waals surface area contributed by atoms with Gasteiger partial charge in [0.15, 0.2) is 0 Å². The predicted molar refractivity (Wildman–Crippen MR) is 95.3 cm³/mol. The van der Waals surface area contributed by atoms with Gasteiger partial charge >= 0.3 is 12.0 Å².